The molecule has 3 N–H and O–H groups in total. The van der Waals surface area contributed by atoms with Crippen molar-refractivity contribution in [1.29, 1.82) is 0 Å². The standard InChI is InChI=1S/C10H11NO6/c1-3-17-10(16)6-4(2)5(8(12)13)7(11-6)9(14)15/h11H,3H2,1-2H3,(H,12,13)(H,14,15). The van der Waals surface area contributed by atoms with Crippen molar-refractivity contribution in [3.05, 3.63) is 22.5 Å². The molecular weight excluding hydrogens is 230 g/mol. The van der Waals surface area contributed by atoms with Gasteiger partial charge >= 0.3 is 17.9 Å². The van der Waals surface area contributed by atoms with Crippen molar-refractivity contribution in [2.75, 3.05) is 6.61 Å². The lowest BCUT2D eigenvalue weighted by molar-refractivity contribution is 0.0519. The number of hydrogen-bond donors (Lipinski definition) is 3. The highest BCUT2D eigenvalue weighted by atomic mass is 16.5. The Labute approximate surface area is 96.0 Å². The predicted molar refractivity (Wildman–Crippen MR) is 55.4 cm³/mol. The van der Waals surface area contributed by atoms with E-state index in [1.165, 1.54) is 6.92 Å². The lowest BCUT2D eigenvalue weighted by atomic mass is 10.1. The zero-order chi connectivity index (χ0) is 13.2. The molecule has 0 saturated carbocycles. The van der Waals surface area contributed by atoms with Gasteiger partial charge in [-0.1, -0.05) is 0 Å². The molecule has 0 amide bonds. The Morgan fingerprint density at radius 2 is 1.76 bits per heavy atom. The van der Waals surface area contributed by atoms with E-state index < -0.39 is 29.2 Å². The van der Waals surface area contributed by atoms with Gasteiger partial charge < -0.3 is 19.9 Å². The Morgan fingerprint density at radius 1 is 1.18 bits per heavy atom. The Bertz CT molecular complexity index is 487. The number of hydrogen-bond acceptors (Lipinski definition) is 4. The second-order valence-electron chi connectivity index (χ2n) is 3.21. The van der Waals surface area contributed by atoms with Crippen LogP contribution in [0.25, 0.3) is 0 Å². The van der Waals surface area contributed by atoms with Crippen LogP contribution in [0.15, 0.2) is 0 Å². The normalized spacial score (nSPS) is 10.0. The molecule has 1 aromatic rings. The minimum atomic E-state index is -1.44. The van der Waals surface area contributed by atoms with Crippen LogP contribution in [-0.2, 0) is 4.74 Å². The number of carboxylic acids is 2. The van der Waals surface area contributed by atoms with Crippen LogP contribution >= 0.6 is 0 Å². The van der Waals surface area contributed by atoms with E-state index in [-0.39, 0.29) is 17.9 Å². The van der Waals surface area contributed by atoms with Crippen molar-refractivity contribution in [1.82, 2.24) is 4.98 Å². The molecule has 7 heteroatoms. The van der Waals surface area contributed by atoms with Gasteiger partial charge in [0.25, 0.3) is 0 Å². The van der Waals surface area contributed by atoms with Crippen molar-refractivity contribution in [3.8, 4) is 0 Å². The van der Waals surface area contributed by atoms with E-state index in [1.54, 1.807) is 6.92 Å². The molecule has 0 aliphatic rings. The van der Waals surface area contributed by atoms with Crippen LogP contribution in [0.3, 0.4) is 0 Å². The maximum Gasteiger partial charge on any atom is 0.355 e. The zero-order valence-corrected chi connectivity index (χ0v) is 9.23. The first-order chi connectivity index (χ1) is 7.90. The van der Waals surface area contributed by atoms with Gasteiger partial charge in [-0.05, 0) is 19.4 Å². The average Bonchev–Trinajstić information content (AvgIpc) is 2.56. The fourth-order valence-electron chi connectivity index (χ4n) is 1.43. The van der Waals surface area contributed by atoms with Crippen molar-refractivity contribution >= 4 is 17.9 Å². The smallest absolute Gasteiger partial charge is 0.355 e. The summed E-state index contributed by atoms with van der Waals surface area (Å²) in [5.41, 5.74) is -1.06. The molecule has 92 valence electrons. The molecule has 0 unspecified atom stereocenters. The predicted octanol–water partition coefficient (Wildman–Crippen LogP) is 0.896. The molecule has 0 bridgehead atoms. The van der Waals surface area contributed by atoms with Gasteiger partial charge in [-0.25, -0.2) is 14.4 Å². The first-order valence-corrected chi connectivity index (χ1v) is 4.76. The molecule has 0 fully saturated rings. The summed E-state index contributed by atoms with van der Waals surface area (Å²) in [5.74, 6) is -3.63. The summed E-state index contributed by atoms with van der Waals surface area (Å²) < 4.78 is 4.68. The van der Waals surface area contributed by atoms with Crippen LogP contribution in [0, 0.1) is 6.92 Å². The number of rotatable bonds is 4. The lowest BCUT2D eigenvalue weighted by Crippen LogP contribution is -2.07. The fraction of sp³-hybridized carbons (Fsp3) is 0.300. The zero-order valence-electron chi connectivity index (χ0n) is 9.23. The van der Waals surface area contributed by atoms with Gasteiger partial charge in [-0.3, -0.25) is 0 Å². The molecule has 7 nitrogen and oxygen atoms in total. The average molecular weight is 241 g/mol. The van der Waals surface area contributed by atoms with Crippen molar-refractivity contribution in [2.24, 2.45) is 0 Å². The van der Waals surface area contributed by atoms with Gasteiger partial charge in [-0.2, -0.15) is 0 Å². The number of aromatic amines is 1. The van der Waals surface area contributed by atoms with Crippen molar-refractivity contribution < 1.29 is 29.3 Å². The first-order valence-electron chi connectivity index (χ1n) is 4.76. The minimum absolute atomic E-state index is 0.0494. The summed E-state index contributed by atoms with van der Waals surface area (Å²) in [6.45, 7) is 3.05. The van der Waals surface area contributed by atoms with E-state index in [0.29, 0.717) is 0 Å². The summed E-state index contributed by atoms with van der Waals surface area (Å²) in [6.07, 6.45) is 0. The van der Waals surface area contributed by atoms with Crippen LogP contribution in [-0.4, -0.2) is 39.7 Å². The number of esters is 1. The van der Waals surface area contributed by atoms with E-state index >= 15 is 0 Å². The van der Waals surface area contributed by atoms with Gasteiger partial charge in [0.15, 0.2) is 0 Å². The monoisotopic (exact) mass is 241 g/mol. The van der Waals surface area contributed by atoms with Crippen LogP contribution in [0.5, 0.6) is 0 Å². The molecule has 1 heterocycles. The topological polar surface area (TPSA) is 117 Å². The number of carboxylic acid groups (broad SMARTS) is 2. The Balaban J connectivity index is 3.36. The molecule has 1 rings (SSSR count). The highest BCUT2D eigenvalue weighted by Crippen LogP contribution is 2.19. The Kier molecular flexibility index (Phi) is 3.52. The van der Waals surface area contributed by atoms with Gasteiger partial charge in [0, 0.05) is 0 Å². The van der Waals surface area contributed by atoms with E-state index in [2.05, 4.69) is 9.72 Å². The SMILES string of the molecule is CCOC(=O)c1[nH]c(C(=O)O)c(C(=O)O)c1C. The van der Waals surface area contributed by atoms with Crippen molar-refractivity contribution in [3.63, 3.8) is 0 Å². The summed E-state index contributed by atoms with van der Waals surface area (Å²) in [7, 11) is 0. The summed E-state index contributed by atoms with van der Waals surface area (Å²) in [4.78, 5) is 35.4. The minimum Gasteiger partial charge on any atom is -0.478 e. The summed E-state index contributed by atoms with van der Waals surface area (Å²) >= 11 is 0. The number of nitrogens with one attached hydrogen (secondary N) is 1. The maximum absolute atomic E-state index is 11.4. The molecule has 0 spiro atoms. The Hall–Kier alpha value is -2.31. The Morgan fingerprint density at radius 3 is 2.12 bits per heavy atom. The van der Waals surface area contributed by atoms with Crippen LogP contribution in [0.4, 0.5) is 0 Å². The van der Waals surface area contributed by atoms with E-state index in [0.717, 1.165) is 0 Å². The van der Waals surface area contributed by atoms with Gasteiger partial charge in [0.05, 0.1) is 12.2 Å². The molecule has 0 saturated heterocycles. The van der Waals surface area contributed by atoms with Gasteiger partial charge in [0.1, 0.15) is 11.4 Å². The number of carbonyl (C=O) groups is 3. The quantitative estimate of drug-likeness (QED) is 0.674. The molecule has 1 aromatic heterocycles. The second kappa shape index (κ2) is 4.69. The number of carbonyl (C=O) groups excluding carboxylic acids is 1. The third kappa shape index (κ3) is 2.27. The molecule has 0 aliphatic carbocycles. The third-order valence-electron chi connectivity index (χ3n) is 2.16. The maximum atomic E-state index is 11.4. The first kappa shape index (κ1) is 12.8. The number of aromatic nitrogens is 1. The van der Waals surface area contributed by atoms with E-state index in [4.69, 9.17) is 10.2 Å². The third-order valence-corrected chi connectivity index (χ3v) is 2.16. The number of H-pyrrole nitrogens is 1. The van der Waals surface area contributed by atoms with Gasteiger partial charge in [-0.15, -0.1) is 0 Å². The molecule has 0 aliphatic heterocycles. The molecule has 17 heavy (non-hydrogen) atoms. The molecule has 0 aromatic carbocycles. The molecular formula is C10H11NO6. The summed E-state index contributed by atoms with van der Waals surface area (Å²) in [6, 6.07) is 0. The largest absolute Gasteiger partial charge is 0.478 e. The lowest BCUT2D eigenvalue weighted by Gasteiger charge is -1.99. The van der Waals surface area contributed by atoms with Crippen LogP contribution in [0.2, 0.25) is 0 Å². The summed E-state index contributed by atoms with van der Waals surface area (Å²) in [5, 5.41) is 17.7. The fourth-order valence-corrected chi connectivity index (χ4v) is 1.43. The van der Waals surface area contributed by atoms with Crippen LogP contribution in [0.1, 0.15) is 43.8 Å². The van der Waals surface area contributed by atoms with E-state index in [9.17, 15) is 14.4 Å². The highest BCUT2D eigenvalue weighted by Gasteiger charge is 2.27. The number of ether oxygens (including phenoxy) is 1. The molecule has 0 atom stereocenters. The second-order valence-corrected chi connectivity index (χ2v) is 3.21. The van der Waals surface area contributed by atoms with Gasteiger partial charge in [0.2, 0.25) is 0 Å². The van der Waals surface area contributed by atoms with E-state index in [1.807, 2.05) is 0 Å². The number of aromatic carboxylic acids is 2. The molecule has 0 radical (unpaired) electrons. The highest BCUT2D eigenvalue weighted by molar-refractivity contribution is 6.05. The van der Waals surface area contributed by atoms with Crippen LogP contribution < -0.4 is 0 Å². The van der Waals surface area contributed by atoms with Crippen molar-refractivity contribution in [2.45, 2.75) is 13.8 Å².